The number of ether oxygens (including phenoxy) is 1. The van der Waals surface area contributed by atoms with Gasteiger partial charge in [-0.15, -0.1) is 0 Å². The van der Waals surface area contributed by atoms with E-state index in [2.05, 4.69) is 15.9 Å². The molecule has 3 nitrogen and oxygen atoms in total. The van der Waals surface area contributed by atoms with Gasteiger partial charge in [-0.05, 0) is 37.0 Å². The average molecular weight is 354 g/mol. The van der Waals surface area contributed by atoms with E-state index >= 15 is 0 Å². The van der Waals surface area contributed by atoms with Crippen LogP contribution in [-0.4, -0.2) is 15.0 Å². The fourth-order valence-corrected chi connectivity index (χ4v) is 3.21. The van der Waals surface area contributed by atoms with Gasteiger partial charge in [-0.25, -0.2) is 8.42 Å². The van der Waals surface area contributed by atoms with Gasteiger partial charge >= 0.3 is 0 Å². The van der Waals surface area contributed by atoms with Crippen LogP contribution in [0.5, 0.6) is 5.75 Å². The molecular formula is C12H14BrClO3S. The van der Waals surface area contributed by atoms with Crippen LogP contribution in [0.3, 0.4) is 0 Å². The van der Waals surface area contributed by atoms with Crippen molar-refractivity contribution in [1.82, 2.24) is 0 Å². The van der Waals surface area contributed by atoms with E-state index in [-0.39, 0.29) is 5.75 Å². The molecule has 100 valence electrons. The minimum absolute atomic E-state index is 0.214. The van der Waals surface area contributed by atoms with Gasteiger partial charge in [0.2, 0.25) is 9.05 Å². The van der Waals surface area contributed by atoms with Crippen LogP contribution in [0.15, 0.2) is 22.7 Å². The van der Waals surface area contributed by atoms with Crippen molar-refractivity contribution >= 4 is 35.7 Å². The fraction of sp³-hybridized carbons (Fsp3) is 0.500. The molecule has 0 atom stereocenters. The Bertz CT molecular complexity index is 526. The Balaban J connectivity index is 2.11. The molecule has 6 heteroatoms. The van der Waals surface area contributed by atoms with E-state index in [9.17, 15) is 8.42 Å². The summed E-state index contributed by atoms with van der Waals surface area (Å²) in [6, 6.07) is 5.34. The second kappa shape index (κ2) is 5.80. The summed E-state index contributed by atoms with van der Waals surface area (Å²) in [5, 5.41) is 0. The standard InChI is InChI=1S/C12H14BrClO3S/c13-11-4-5-12(17-7-9-2-1-3-9)10(6-11)8-18(14,15)16/h4-6,9H,1-3,7-8H2. The van der Waals surface area contributed by atoms with Crippen LogP contribution in [0.25, 0.3) is 0 Å². The first-order valence-corrected chi connectivity index (χ1v) is 9.05. The van der Waals surface area contributed by atoms with Crippen LogP contribution < -0.4 is 4.74 Å². The second-order valence-electron chi connectivity index (χ2n) is 4.54. The molecule has 18 heavy (non-hydrogen) atoms. The Morgan fingerprint density at radius 2 is 2.11 bits per heavy atom. The van der Waals surface area contributed by atoms with Crippen molar-refractivity contribution in [3.05, 3.63) is 28.2 Å². The van der Waals surface area contributed by atoms with Gasteiger partial charge in [-0.2, -0.15) is 0 Å². The molecule has 1 aromatic rings. The zero-order valence-corrected chi connectivity index (χ0v) is 12.9. The summed E-state index contributed by atoms with van der Waals surface area (Å²) in [4.78, 5) is 0. The maximum atomic E-state index is 11.2. The average Bonchev–Trinajstić information content (AvgIpc) is 2.16. The minimum Gasteiger partial charge on any atom is -0.493 e. The molecule has 1 aliphatic rings. The Morgan fingerprint density at radius 1 is 1.39 bits per heavy atom. The Morgan fingerprint density at radius 3 is 2.67 bits per heavy atom. The fourth-order valence-electron chi connectivity index (χ4n) is 1.85. The normalized spacial score (nSPS) is 16.3. The summed E-state index contributed by atoms with van der Waals surface area (Å²) < 4.78 is 28.8. The van der Waals surface area contributed by atoms with Crippen molar-refractivity contribution in [2.45, 2.75) is 25.0 Å². The number of hydrogen-bond donors (Lipinski definition) is 0. The number of hydrogen-bond acceptors (Lipinski definition) is 3. The van der Waals surface area contributed by atoms with E-state index in [1.54, 1.807) is 12.1 Å². The van der Waals surface area contributed by atoms with Gasteiger partial charge < -0.3 is 4.74 Å². The molecule has 0 radical (unpaired) electrons. The number of benzene rings is 1. The van der Waals surface area contributed by atoms with Crippen LogP contribution >= 0.6 is 26.6 Å². The summed E-state index contributed by atoms with van der Waals surface area (Å²) in [6.45, 7) is 0.650. The molecule has 0 unspecified atom stereocenters. The molecule has 2 rings (SSSR count). The van der Waals surface area contributed by atoms with Crippen molar-refractivity contribution in [2.24, 2.45) is 5.92 Å². The summed E-state index contributed by atoms with van der Waals surface area (Å²) in [6.07, 6.45) is 3.65. The third-order valence-corrected chi connectivity index (χ3v) is 4.53. The van der Waals surface area contributed by atoms with Gasteiger partial charge in [-0.1, -0.05) is 22.4 Å². The zero-order valence-electron chi connectivity index (χ0n) is 9.73. The van der Waals surface area contributed by atoms with Crippen molar-refractivity contribution in [3.63, 3.8) is 0 Å². The van der Waals surface area contributed by atoms with Gasteiger partial charge in [0.25, 0.3) is 0 Å². The molecule has 0 amide bonds. The number of rotatable bonds is 5. The molecular weight excluding hydrogens is 340 g/mol. The van der Waals surface area contributed by atoms with E-state index in [0.29, 0.717) is 23.8 Å². The van der Waals surface area contributed by atoms with Crippen LogP contribution in [0, 0.1) is 5.92 Å². The molecule has 0 spiro atoms. The third-order valence-electron chi connectivity index (χ3n) is 3.05. The van der Waals surface area contributed by atoms with Crippen molar-refractivity contribution in [3.8, 4) is 5.75 Å². The summed E-state index contributed by atoms with van der Waals surface area (Å²) in [7, 11) is 1.72. The first-order chi connectivity index (χ1) is 8.44. The molecule has 1 aromatic carbocycles. The van der Waals surface area contributed by atoms with Crippen LogP contribution in [0.2, 0.25) is 0 Å². The van der Waals surface area contributed by atoms with E-state index in [1.165, 1.54) is 19.3 Å². The first-order valence-electron chi connectivity index (χ1n) is 5.77. The lowest BCUT2D eigenvalue weighted by Gasteiger charge is -2.25. The topological polar surface area (TPSA) is 43.4 Å². The van der Waals surface area contributed by atoms with Crippen molar-refractivity contribution in [1.29, 1.82) is 0 Å². The largest absolute Gasteiger partial charge is 0.493 e. The predicted octanol–water partition coefficient (Wildman–Crippen LogP) is 3.70. The van der Waals surface area contributed by atoms with Crippen molar-refractivity contribution < 1.29 is 13.2 Å². The molecule has 1 fully saturated rings. The lowest BCUT2D eigenvalue weighted by molar-refractivity contribution is 0.179. The SMILES string of the molecule is O=S(=O)(Cl)Cc1cc(Br)ccc1OCC1CCC1. The van der Waals surface area contributed by atoms with Gasteiger partial charge in [0.15, 0.2) is 0 Å². The van der Waals surface area contributed by atoms with Gasteiger partial charge in [-0.3, -0.25) is 0 Å². The van der Waals surface area contributed by atoms with Gasteiger partial charge in [0, 0.05) is 20.7 Å². The molecule has 0 aromatic heterocycles. The Kier molecular flexibility index (Phi) is 4.56. The molecule has 0 bridgehead atoms. The van der Waals surface area contributed by atoms with Crippen LogP contribution in [0.4, 0.5) is 0 Å². The molecule has 0 N–H and O–H groups in total. The maximum Gasteiger partial charge on any atom is 0.236 e. The Labute approximate surface area is 120 Å². The lowest BCUT2D eigenvalue weighted by Crippen LogP contribution is -2.19. The zero-order chi connectivity index (χ0) is 13.2. The maximum absolute atomic E-state index is 11.2. The molecule has 1 saturated carbocycles. The van der Waals surface area contributed by atoms with Gasteiger partial charge in [0.1, 0.15) is 5.75 Å². The summed E-state index contributed by atoms with van der Waals surface area (Å²) >= 11 is 3.32. The summed E-state index contributed by atoms with van der Waals surface area (Å²) in [5.74, 6) is 0.997. The predicted molar refractivity (Wildman–Crippen MR) is 75.5 cm³/mol. The highest BCUT2D eigenvalue weighted by atomic mass is 79.9. The van der Waals surface area contributed by atoms with E-state index in [4.69, 9.17) is 15.4 Å². The van der Waals surface area contributed by atoms with Crippen LogP contribution in [-0.2, 0) is 14.8 Å². The van der Waals surface area contributed by atoms with E-state index in [1.807, 2.05) is 6.07 Å². The lowest BCUT2D eigenvalue weighted by atomic mass is 9.86. The van der Waals surface area contributed by atoms with Crippen LogP contribution in [0.1, 0.15) is 24.8 Å². The highest BCUT2D eigenvalue weighted by Crippen LogP contribution is 2.30. The van der Waals surface area contributed by atoms with E-state index < -0.39 is 9.05 Å². The van der Waals surface area contributed by atoms with Crippen molar-refractivity contribution in [2.75, 3.05) is 6.61 Å². The second-order valence-corrected chi connectivity index (χ2v) is 8.24. The Hall–Kier alpha value is -0.260. The smallest absolute Gasteiger partial charge is 0.236 e. The third kappa shape index (κ3) is 4.14. The molecule has 0 aliphatic heterocycles. The molecule has 0 heterocycles. The monoisotopic (exact) mass is 352 g/mol. The quantitative estimate of drug-likeness (QED) is 0.758. The van der Waals surface area contributed by atoms with E-state index in [0.717, 1.165) is 4.47 Å². The van der Waals surface area contributed by atoms with Gasteiger partial charge in [0.05, 0.1) is 12.4 Å². The highest BCUT2D eigenvalue weighted by molar-refractivity contribution is 9.10. The molecule has 0 saturated heterocycles. The summed E-state index contributed by atoms with van der Waals surface area (Å²) in [5.41, 5.74) is 0.596. The number of halogens is 2. The highest BCUT2D eigenvalue weighted by Gasteiger charge is 2.19. The molecule has 1 aliphatic carbocycles. The minimum atomic E-state index is -3.58. The first kappa shape index (κ1) is 14.2.